The molecule has 40 heavy (non-hydrogen) atoms. The van der Waals surface area contributed by atoms with E-state index in [2.05, 4.69) is 80.0 Å². The molecule has 3 amide bonds. The summed E-state index contributed by atoms with van der Waals surface area (Å²) < 4.78 is 0. The molecule has 2 saturated carbocycles. The molecule has 0 N–H and O–H groups in total. The van der Waals surface area contributed by atoms with Crippen molar-refractivity contribution in [2.24, 2.45) is 11.8 Å². The Kier molecular flexibility index (Phi) is 10.5. The average Bonchev–Trinajstić information content (AvgIpc) is 3.12. The van der Waals surface area contributed by atoms with Gasteiger partial charge in [0.05, 0.1) is 19.2 Å². The van der Waals surface area contributed by atoms with Gasteiger partial charge >= 0.3 is 6.03 Å². The molecule has 3 fully saturated rings. The van der Waals surface area contributed by atoms with E-state index in [1.807, 2.05) is 0 Å². The molecule has 1 saturated heterocycles. The lowest BCUT2D eigenvalue weighted by atomic mass is 9.77. The minimum atomic E-state index is -0.227. The molecule has 1 aliphatic heterocycles. The Balaban J connectivity index is 1.70. The molecule has 220 valence electrons. The maximum Gasteiger partial charge on any atom is 0.321 e. The molecule has 2 aliphatic carbocycles. The first-order chi connectivity index (χ1) is 19.2. The minimum Gasteiger partial charge on any atom is -0.317 e. The number of carbonyl (C=O) groups is 2. The van der Waals surface area contributed by atoms with Crippen LogP contribution in [0.15, 0.2) is 53.6 Å². The van der Waals surface area contributed by atoms with Gasteiger partial charge in [-0.25, -0.2) is 9.86 Å². The Labute approximate surface area is 242 Å². The number of hydroxylamine groups is 2. The molecule has 6 heteroatoms. The summed E-state index contributed by atoms with van der Waals surface area (Å²) in [5.74, 6) is 0.100. The summed E-state index contributed by atoms with van der Waals surface area (Å²) >= 11 is 0. The van der Waals surface area contributed by atoms with Crippen molar-refractivity contribution in [2.45, 2.75) is 110 Å². The molecule has 0 aromatic heterocycles. The van der Waals surface area contributed by atoms with Crippen molar-refractivity contribution >= 4 is 11.9 Å². The predicted molar refractivity (Wildman–Crippen MR) is 162 cm³/mol. The summed E-state index contributed by atoms with van der Waals surface area (Å²) in [6.45, 7) is 9.29. The van der Waals surface area contributed by atoms with Crippen molar-refractivity contribution in [1.82, 2.24) is 14.9 Å². The van der Waals surface area contributed by atoms with Crippen LogP contribution in [0.3, 0.4) is 0 Å². The first kappa shape index (κ1) is 30.4. The third kappa shape index (κ3) is 6.82. The van der Waals surface area contributed by atoms with Gasteiger partial charge < -0.3 is 9.80 Å². The fourth-order valence-electron chi connectivity index (χ4n) is 7.34. The maximum atomic E-state index is 14.3. The van der Waals surface area contributed by atoms with Gasteiger partial charge in [-0.3, -0.25) is 9.63 Å². The third-order valence-corrected chi connectivity index (χ3v) is 9.75. The fourth-order valence-corrected chi connectivity index (χ4v) is 7.34. The Hall–Kier alpha value is -2.60. The SMILES string of the molecule is CON(C)C(=O)[C@H]1C[C@@H]2[C@H](C[C@@H](c3ccccc3)[C@H]1C)N(C1CCCCC1)C(=O)N2C/C=C(\C)CCC=C(C)C. The minimum absolute atomic E-state index is 0.00614. The van der Waals surface area contributed by atoms with E-state index < -0.39 is 0 Å². The van der Waals surface area contributed by atoms with Gasteiger partial charge in [-0.05, 0) is 76.7 Å². The third-order valence-electron chi connectivity index (χ3n) is 9.75. The number of hydrogen-bond donors (Lipinski definition) is 0. The molecular weight excluding hydrogens is 498 g/mol. The Morgan fingerprint density at radius 3 is 2.38 bits per heavy atom. The van der Waals surface area contributed by atoms with Crippen LogP contribution in [0.25, 0.3) is 0 Å². The number of hydrogen-bond acceptors (Lipinski definition) is 3. The highest BCUT2D eigenvalue weighted by Crippen LogP contribution is 2.47. The smallest absolute Gasteiger partial charge is 0.317 e. The molecule has 6 nitrogen and oxygen atoms in total. The first-order valence-electron chi connectivity index (χ1n) is 15.5. The number of rotatable bonds is 9. The summed E-state index contributed by atoms with van der Waals surface area (Å²) in [7, 11) is 3.26. The molecular formula is C34H51N3O3. The first-order valence-corrected chi connectivity index (χ1v) is 15.5. The number of benzene rings is 1. The van der Waals surface area contributed by atoms with Gasteiger partial charge in [0.25, 0.3) is 0 Å². The van der Waals surface area contributed by atoms with Crippen molar-refractivity contribution < 1.29 is 14.4 Å². The molecule has 0 bridgehead atoms. The molecule has 0 radical (unpaired) electrons. The zero-order chi connectivity index (χ0) is 28.8. The van der Waals surface area contributed by atoms with Crippen LogP contribution >= 0.6 is 0 Å². The molecule has 3 aliphatic rings. The fraction of sp³-hybridized carbons (Fsp3) is 0.647. The van der Waals surface area contributed by atoms with Crippen molar-refractivity contribution in [3.63, 3.8) is 0 Å². The number of allylic oxidation sites excluding steroid dienone is 3. The highest BCUT2D eigenvalue weighted by molar-refractivity contribution is 5.81. The molecule has 0 spiro atoms. The largest absolute Gasteiger partial charge is 0.321 e. The topological polar surface area (TPSA) is 53.1 Å². The quantitative estimate of drug-likeness (QED) is 0.239. The standard InChI is InChI=1S/C34H51N3O3/c1-24(2)14-13-15-25(3)20-21-36-31-23-30(33(38)35(5)40-6)26(4)29(27-16-9-7-10-17-27)22-32(31)37(34(36)39)28-18-11-8-12-19-28/h7,9-10,14,16-17,20,26,28-32H,8,11-13,15,18-19,21-23H2,1-6H3/b25-20+/t26-,29-,30+,31-,32+/m1/s1. The van der Waals surface area contributed by atoms with Gasteiger partial charge in [0.15, 0.2) is 0 Å². The highest BCUT2D eigenvalue weighted by atomic mass is 16.7. The van der Waals surface area contributed by atoms with Crippen molar-refractivity contribution in [2.75, 3.05) is 20.7 Å². The number of nitrogens with zero attached hydrogens (tertiary/aromatic N) is 3. The summed E-state index contributed by atoms with van der Waals surface area (Å²) in [6, 6.07) is 11.2. The lowest BCUT2D eigenvalue weighted by Gasteiger charge is -2.37. The molecule has 1 heterocycles. The maximum absolute atomic E-state index is 14.3. The molecule has 0 unspecified atom stereocenters. The van der Waals surface area contributed by atoms with Gasteiger partial charge in [-0.15, -0.1) is 0 Å². The van der Waals surface area contributed by atoms with Gasteiger partial charge in [-0.2, -0.15) is 0 Å². The lowest BCUT2D eigenvalue weighted by molar-refractivity contribution is -0.175. The van der Waals surface area contributed by atoms with E-state index >= 15 is 0 Å². The van der Waals surface area contributed by atoms with Gasteiger partial charge in [0.1, 0.15) is 0 Å². The second-order valence-electron chi connectivity index (χ2n) is 12.6. The number of urea groups is 1. The van der Waals surface area contributed by atoms with E-state index in [9.17, 15) is 9.59 Å². The second kappa shape index (κ2) is 13.8. The van der Waals surface area contributed by atoms with Crippen molar-refractivity contribution in [3.8, 4) is 0 Å². The van der Waals surface area contributed by atoms with Crippen molar-refractivity contribution in [3.05, 3.63) is 59.2 Å². The van der Waals surface area contributed by atoms with E-state index in [0.717, 1.165) is 32.1 Å². The van der Waals surface area contributed by atoms with Crippen LogP contribution in [0.2, 0.25) is 0 Å². The number of amides is 3. The molecule has 5 atom stereocenters. The second-order valence-corrected chi connectivity index (χ2v) is 12.6. The zero-order valence-electron chi connectivity index (χ0n) is 25.6. The molecule has 4 rings (SSSR count). The summed E-state index contributed by atoms with van der Waals surface area (Å²) in [6.07, 6.45) is 13.9. The van der Waals surface area contributed by atoms with Crippen LogP contribution in [0, 0.1) is 11.8 Å². The van der Waals surface area contributed by atoms with E-state index in [1.54, 1.807) is 14.2 Å². The van der Waals surface area contributed by atoms with E-state index in [0.29, 0.717) is 19.0 Å². The van der Waals surface area contributed by atoms with Crippen LogP contribution in [-0.4, -0.2) is 65.6 Å². The molecule has 1 aromatic rings. The number of carbonyl (C=O) groups excluding carboxylic acids is 2. The van der Waals surface area contributed by atoms with Gasteiger partial charge in [0, 0.05) is 25.6 Å². The van der Waals surface area contributed by atoms with E-state index in [1.165, 1.54) is 41.0 Å². The van der Waals surface area contributed by atoms with Crippen LogP contribution in [0.1, 0.15) is 97.0 Å². The Bertz CT molecular complexity index is 1060. The van der Waals surface area contributed by atoms with Gasteiger partial charge in [-0.1, -0.05) is 79.8 Å². The summed E-state index contributed by atoms with van der Waals surface area (Å²) in [5.41, 5.74) is 3.91. The van der Waals surface area contributed by atoms with Crippen LogP contribution in [-0.2, 0) is 9.63 Å². The lowest BCUT2D eigenvalue weighted by Crippen LogP contribution is -2.45. The monoisotopic (exact) mass is 549 g/mol. The normalized spacial score (nSPS) is 27.8. The molecule has 1 aromatic carbocycles. The van der Waals surface area contributed by atoms with E-state index in [4.69, 9.17) is 4.84 Å². The Morgan fingerprint density at radius 1 is 1.02 bits per heavy atom. The number of fused-ring (bicyclic) bond motifs is 1. The summed E-state index contributed by atoms with van der Waals surface area (Å²) in [4.78, 5) is 37.8. The van der Waals surface area contributed by atoms with Crippen LogP contribution in [0.5, 0.6) is 0 Å². The zero-order valence-corrected chi connectivity index (χ0v) is 25.6. The summed E-state index contributed by atoms with van der Waals surface area (Å²) in [5, 5.41) is 1.39. The van der Waals surface area contributed by atoms with Crippen molar-refractivity contribution in [1.29, 1.82) is 0 Å². The van der Waals surface area contributed by atoms with Crippen LogP contribution < -0.4 is 0 Å². The Morgan fingerprint density at radius 2 is 1.73 bits per heavy atom. The highest BCUT2D eigenvalue weighted by Gasteiger charge is 2.53. The van der Waals surface area contributed by atoms with Gasteiger partial charge in [0.2, 0.25) is 5.91 Å². The van der Waals surface area contributed by atoms with E-state index in [-0.39, 0.29) is 41.8 Å². The predicted octanol–water partition coefficient (Wildman–Crippen LogP) is 7.34. The average molecular weight is 550 g/mol. The van der Waals surface area contributed by atoms with Crippen LogP contribution in [0.4, 0.5) is 4.79 Å².